The molecule has 0 bridgehead atoms. The molecule has 1 atom stereocenters. The van der Waals surface area contributed by atoms with Gasteiger partial charge >= 0.3 is 0 Å². The van der Waals surface area contributed by atoms with Crippen molar-refractivity contribution in [2.45, 2.75) is 19.4 Å². The second-order valence-electron chi connectivity index (χ2n) is 3.51. The molecule has 3 nitrogen and oxygen atoms in total. The predicted octanol–water partition coefficient (Wildman–Crippen LogP) is 2.37. The molecule has 0 amide bonds. The Kier molecular flexibility index (Phi) is 2.68. The SMILES string of the molecule is CC[C@H](NC)c1nc2c(F)cccc2[nH]1. The minimum absolute atomic E-state index is 0.150. The monoisotopic (exact) mass is 207 g/mol. The Bertz CT molecular complexity index is 460. The molecule has 1 aromatic carbocycles. The zero-order valence-corrected chi connectivity index (χ0v) is 8.84. The van der Waals surface area contributed by atoms with Crippen molar-refractivity contribution in [3.63, 3.8) is 0 Å². The zero-order chi connectivity index (χ0) is 10.8. The van der Waals surface area contributed by atoms with Crippen LogP contribution in [0.1, 0.15) is 25.2 Å². The van der Waals surface area contributed by atoms with E-state index in [4.69, 9.17) is 0 Å². The van der Waals surface area contributed by atoms with Crippen LogP contribution in [0.5, 0.6) is 0 Å². The van der Waals surface area contributed by atoms with Crippen LogP contribution in [0.15, 0.2) is 18.2 Å². The highest BCUT2D eigenvalue weighted by Crippen LogP contribution is 2.19. The van der Waals surface area contributed by atoms with Crippen molar-refractivity contribution in [3.05, 3.63) is 29.8 Å². The number of hydrogen-bond acceptors (Lipinski definition) is 2. The molecule has 80 valence electrons. The van der Waals surface area contributed by atoms with Gasteiger partial charge in [0.15, 0.2) is 5.82 Å². The third kappa shape index (κ3) is 1.72. The Morgan fingerprint density at radius 3 is 2.93 bits per heavy atom. The second kappa shape index (κ2) is 3.98. The average Bonchev–Trinajstić information content (AvgIpc) is 2.65. The summed E-state index contributed by atoms with van der Waals surface area (Å²) in [5.74, 6) is 0.515. The van der Waals surface area contributed by atoms with Crippen LogP contribution in [0.3, 0.4) is 0 Å². The van der Waals surface area contributed by atoms with Crippen molar-refractivity contribution in [1.82, 2.24) is 15.3 Å². The molecule has 2 N–H and O–H groups in total. The largest absolute Gasteiger partial charge is 0.341 e. The number of benzene rings is 1. The van der Waals surface area contributed by atoms with Crippen molar-refractivity contribution in [3.8, 4) is 0 Å². The van der Waals surface area contributed by atoms with Crippen molar-refractivity contribution in [2.24, 2.45) is 0 Å². The molecular weight excluding hydrogens is 193 g/mol. The van der Waals surface area contributed by atoms with Gasteiger partial charge in [0.1, 0.15) is 11.3 Å². The van der Waals surface area contributed by atoms with E-state index in [1.165, 1.54) is 6.07 Å². The van der Waals surface area contributed by atoms with Crippen LogP contribution in [0.2, 0.25) is 0 Å². The van der Waals surface area contributed by atoms with E-state index in [2.05, 4.69) is 22.2 Å². The number of halogens is 1. The summed E-state index contributed by atoms with van der Waals surface area (Å²) in [6.07, 6.45) is 0.915. The normalized spacial score (nSPS) is 13.3. The molecule has 15 heavy (non-hydrogen) atoms. The lowest BCUT2D eigenvalue weighted by molar-refractivity contribution is 0.550. The Morgan fingerprint density at radius 2 is 2.33 bits per heavy atom. The van der Waals surface area contributed by atoms with Gasteiger partial charge in [-0.2, -0.15) is 0 Å². The first kappa shape index (κ1) is 10.1. The van der Waals surface area contributed by atoms with Crippen molar-refractivity contribution >= 4 is 11.0 Å². The van der Waals surface area contributed by atoms with Crippen LogP contribution in [-0.4, -0.2) is 17.0 Å². The zero-order valence-electron chi connectivity index (χ0n) is 8.84. The smallest absolute Gasteiger partial charge is 0.151 e. The summed E-state index contributed by atoms with van der Waals surface area (Å²) in [6, 6.07) is 5.08. The van der Waals surface area contributed by atoms with Crippen LogP contribution in [-0.2, 0) is 0 Å². The van der Waals surface area contributed by atoms with E-state index in [9.17, 15) is 4.39 Å². The van der Waals surface area contributed by atoms with Crippen LogP contribution >= 0.6 is 0 Å². The van der Waals surface area contributed by atoms with Gasteiger partial charge in [-0.1, -0.05) is 13.0 Å². The summed E-state index contributed by atoms with van der Waals surface area (Å²) in [7, 11) is 1.87. The van der Waals surface area contributed by atoms with Gasteiger partial charge in [-0.3, -0.25) is 0 Å². The topological polar surface area (TPSA) is 40.7 Å². The summed E-state index contributed by atoms with van der Waals surface area (Å²) in [4.78, 5) is 7.39. The number of imidazole rings is 1. The highest BCUT2D eigenvalue weighted by atomic mass is 19.1. The van der Waals surface area contributed by atoms with Gasteiger partial charge in [0.2, 0.25) is 0 Å². The summed E-state index contributed by atoms with van der Waals surface area (Å²) in [5.41, 5.74) is 1.17. The first-order chi connectivity index (χ1) is 7.26. The molecule has 0 aliphatic rings. The summed E-state index contributed by atoms with van der Waals surface area (Å²) in [6.45, 7) is 2.06. The van der Waals surface area contributed by atoms with Gasteiger partial charge in [0.25, 0.3) is 0 Å². The molecule has 0 saturated carbocycles. The first-order valence-electron chi connectivity index (χ1n) is 5.07. The Labute approximate surface area is 87.7 Å². The van der Waals surface area contributed by atoms with Crippen molar-refractivity contribution < 1.29 is 4.39 Å². The van der Waals surface area contributed by atoms with Gasteiger partial charge in [0, 0.05) is 0 Å². The number of nitrogens with one attached hydrogen (secondary N) is 2. The molecule has 4 heteroatoms. The lowest BCUT2D eigenvalue weighted by Crippen LogP contribution is -2.16. The number of H-pyrrole nitrogens is 1. The van der Waals surface area contributed by atoms with Gasteiger partial charge in [-0.15, -0.1) is 0 Å². The maximum absolute atomic E-state index is 13.4. The minimum atomic E-state index is -0.277. The quantitative estimate of drug-likeness (QED) is 0.811. The van der Waals surface area contributed by atoms with E-state index in [1.54, 1.807) is 6.07 Å². The molecule has 0 fully saturated rings. The maximum atomic E-state index is 13.4. The van der Waals surface area contributed by atoms with Crippen LogP contribution in [0, 0.1) is 5.82 Å². The Hall–Kier alpha value is -1.42. The number of rotatable bonds is 3. The predicted molar refractivity (Wildman–Crippen MR) is 58.1 cm³/mol. The number of para-hydroxylation sites is 1. The van der Waals surface area contributed by atoms with E-state index in [-0.39, 0.29) is 11.9 Å². The fourth-order valence-corrected chi connectivity index (χ4v) is 1.72. The molecule has 1 heterocycles. The van der Waals surface area contributed by atoms with Gasteiger partial charge in [0.05, 0.1) is 11.6 Å². The maximum Gasteiger partial charge on any atom is 0.151 e. The number of nitrogens with zero attached hydrogens (tertiary/aromatic N) is 1. The average molecular weight is 207 g/mol. The van der Waals surface area contributed by atoms with E-state index in [1.807, 2.05) is 13.1 Å². The number of aromatic nitrogens is 2. The molecule has 2 aromatic rings. The van der Waals surface area contributed by atoms with Gasteiger partial charge in [-0.05, 0) is 25.6 Å². The summed E-state index contributed by atoms with van der Waals surface area (Å²) < 4.78 is 13.4. The van der Waals surface area contributed by atoms with Gasteiger partial charge in [-0.25, -0.2) is 9.37 Å². The Balaban J connectivity index is 2.51. The highest BCUT2D eigenvalue weighted by Gasteiger charge is 2.13. The second-order valence-corrected chi connectivity index (χ2v) is 3.51. The first-order valence-corrected chi connectivity index (χ1v) is 5.07. The lowest BCUT2D eigenvalue weighted by Gasteiger charge is -2.09. The van der Waals surface area contributed by atoms with E-state index in [0.29, 0.717) is 5.52 Å². The van der Waals surface area contributed by atoms with Crippen LogP contribution < -0.4 is 5.32 Å². The standard InChI is InChI=1S/C11H14FN3/c1-3-8(13-2)11-14-9-6-4-5-7(12)10(9)15-11/h4-6,8,13H,3H2,1-2H3,(H,14,15)/t8-/m0/s1. The lowest BCUT2D eigenvalue weighted by atomic mass is 10.2. The molecule has 2 rings (SSSR count). The third-order valence-corrected chi connectivity index (χ3v) is 2.57. The molecule has 0 radical (unpaired) electrons. The number of aromatic amines is 1. The summed E-state index contributed by atoms with van der Waals surface area (Å²) >= 11 is 0. The molecule has 0 aliphatic carbocycles. The number of hydrogen-bond donors (Lipinski definition) is 2. The van der Waals surface area contributed by atoms with E-state index in [0.717, 1.165) is 17.8 Å². The molecule has 0 saturated heterocycles. The van der Waals surface area contributed by atoms with Crippen LogP contribution in [0.25, 0.3) is 11.0 Å². The van der Waals surface area contributed by atoms with E-state index < -0.39 is 0 Å². The van der Waals surface area contributed by atoms with Crippen molar-refractivity contribution in [2.75, 3.05) is 7.05 Å². The number of fused-ring (bicyclic) bond motifs is 1. The molecule has 1 aromatic heterocycles. The molecular formula is C11H14FN3. The highest BCUT2D eigenvalue weighted by molar-refractivity contribution is 5.75. The fourth-order valence-electron chi connectivity index (χ4n) is 1.72. The van der Waals surface area contributed by atoms with E-state index >= 15 is 0 Å². The third-order valence-electron chi connectivity index (χ3n) is 2.57. The molecule has 0 spiro atoms. The Morgan fingerprint density at radius 1 is 1.53 bits per heavy atom. The van der Waals surface area contributed by atoms with Crippen molar-refractivity contribution in [1.29, 1.82) is 0 Å². The molecule has 0 unspecified atom stereocenters. The van der Waals surface area contributed by atoms with Gasteiger partial charge < -0.3 is 10.3 Å². The summed E-state index contributed by atoms with van der Waals surface area (Å²) in [5, 5.41) is 3.13. The minimum Gasteiger partial charge on any atom is -0.341 e. The molecule has 0 aliphatic heterocycles. The fraction of sp³-hybridized carbons (Fsp3) is 0.364. The van der Waals surface area contributed by atoms with Crippen LogP contribution in [0.4, 0.5) is 4.39 Å².